The second-order valence-electron chi connectivity index (χ2n) is 5.82. The molecule has 2 rings (SSSR count). The molecule has 1 fully saturated rings. The highest BCUT2D eigenvalue weighted by Crippen LogP contribution is 2.26. The minimum atomic E-state index is -3.71. The monoisotopic (exact) mass is 404 g/mol. The van der Waals surface area contributed by atoms with Gasteiger partial charge in [0.1, 0.15) is 6.34 Å². The maximum Gasteiger partial charge on any atom is 0.300 e. The van der Waals surface area contributed by atoms with Crippen molar-refractivity contribution in [2.24, 2.45) is 4.99 Å². The number of hydrogen-bond donors (Lipinski definition) is 4. The molecular formula is C13H21ClN8O3S. The number of rotatable bonds is 7. The zero-order chi connectivity index (χ0) is 19.3. The zero-order valence-corrected chi connectivity index (χ0v) is 15.9. The first kappa shape index (κ1) is 20.3. The van der Waals surface area contributed by atoms with E-state index < -0.39 is 16.1 Å². The Balaban J connectivity index is 2.02. The predicted molar refractivity (Wildman–Crippen MR) is 99.0 cm³/mol. The summed E-state index contributed by atoms with van der Waals surface area (Å²) in [7, 11) is -1.03. The fraction of sp³-hybridized carbons (Fsp3) is 0.538. The molecule has 26 heavy (non-hydrogen) atoms. The molecule has 0 spiro atoms. The van der Waals surface area contributed by atoms with Crippen molar-refractivity contribution in [2.75, 3.05) is 25.1 Å². The predicted octanol–water partition coefficient (Wildman–Crippen LogP) is 0.136. The SMILES string of the molecule is CN(C)S(=O)(=O)NNC=NC(=O)c1nc(Cl)c(NC2CCCC2)nc1N. The van der Waals surface area contributed by atoms with Gasteiger partial charge < -0.3 is 11.1 Å². The van der Waals surface area contributed by atoms with Crippen LogP contribution in [0, 0.1) is 0 Å². The van der Waals surface area contributed by atoms with Crippen LogP contribution < -0.4 is 21.3 Å². The number of aliphatic imine (C=N–C) groups is 1. The van der Waals surface area contributed by atoms with Crippen LogP contribution in [0.15, 0.2) is 4.99 Å². The molecule has 1 saturated carbocycles. The molecular weight excluding hydrogens is 384 g/mol. The Morgan fingerprint density at radius 2 is 2.00 bits per heavy atom. The molecule has 1 aliphatic rings. The van der Waals surface area contributed by atoms with Crippen molar-refractivity contribution in [3.63, 3.8) is 0 Å². The third-order valence-electron chi connectivity index (χ3n) is 3.69. The van der Waals surface area contributed by atoms with Gasteiger partial charge >= 0.3 is 5.91 Å². The highest BCUT2D eigenvalue weighted by atomic mass is 35.5. The van der Waals surface area contributed by atoms with E-state index in [1.165, 1.54) is 14.1 Å². The van der Waals surface area contributed by atoms with E-state index in [0.717, 1.165) is 36.3 Å². The van der Waals surface area contributed by atoms with E-state index in [4.69, 9.17) is 17.3 Å². The van der Waals surface area contributed by atoms with Gasteiger partial charge in [0.05, 0.1) is 0 Å². The van der Waals surface area contributed by atoms with Crippen molar-refractivity contribution in [1.29, 1.82) is 0 Å². The molecule has 1 aliphatic carbocycles. The van der Waals surface area contributed by atoms with Gasteiger partial charge in [0.2, 0.25) is 0 Å². The molecule has 11 nitrogen and oxygen atoms in total. The van der Waals surface area contributed by atoms with Gasteiger partial charge in [-0.15, -0.1) is 4.83 Å². The van der Waals surface area contributed by atoms with Gasteiger partial charge in [0.15, 0.2) is 22.5 Å². The first-order valence-electron chi connectivity index (χ1n) is 7.82. The first-order valence-corrected chi connectivity index (χ1v) is 9.63. The Kier molecular flexibility index (Phi) is 6.69. The van der Waals surface area contributed by atoms with Crippen LogP contribution in [-0.2, 0) is 10.2 Å². The lowest BCUT2D eigenvalue weighted by Crippen LogP contribution is -2.43. The van der Waals surface area contributed by atoms with Crippen molar-refractivity contribution in [1.82, 2.24) is 24.5 Å². The van der Waals surface area contributed by atoms with Crippen molar-refractivity contribution in [2.45, 2.75) is 31.7 Å². The maximum absolute atomic E-state index is 12.0. The highest BCUT2D eigenvalue weighted by molar-refractivity contribution is 7.87. The largest absolute Gasteiger partial charge is 0.382 e. The summed E-state index contributed by atoms with van der Waals surface area (Å²) in [5.41, 5.74) is 7.73. The molecule has 5 N–H and O–H groups in total. The van der Waals surface area contributed by atoms with E-state index in [0.29, 0.717) is 5.82 Å². The molecule has 0 saturated heterocycles. The molecule has 1 aromatic heterocycles. The van der Waals surface area contributed by atoms with Crippen LogP contribution in [0.3, 0.4) is 0 Å². The van der Waals surface area contributed by atoms with Crippen LogP contribution in [0.4, 0.5) is 11.6 Å². The van der Waals surface area contributed by atoms with Crippen LogP contribution in [0.25, 0.3) is 0 Å². The van der Waals surface area contributed by atoms with Gasteiger partial charge in [0.25, 0.3) is 10.2 Å². The van der Waals surface area contributed by atoms with Crippen LogP contribution in [0.1, 0.15) is 36.2 Å². The molecule has 1 amide bonds. The van der Waals surface area contributed by atoms with Crippen LogP contribution in [0.2, 0.25) is 5.15 Å². The Morgan fingerprint density at radius 3 is 2.62 bits per heavy atom. The van der Waals surface area contributed by atoms with E-state index in [2.05, 4.69) is 25.7 Å². The number of nitrogens with zero attached hydrogens (tertiary/aromatic N) is 4. The molecule has 0 unspecified atom stereocenters. The smallest absolute Gasteiger partial charge is 0.300 e. The number of amides is 1. The quantitative estimate of drug-likeness (QED) is 0.284. The Morgan fingerprint density at radius 1 is 1.35 bits per heavy atom. The van der Waals surface area contributed by atoms with Crippen LogP contribution in [-0.4, -0.2) is 55.1 Å². The Hall–Kier alpha value is -2.02. The van der Waals surface area contributed by atoms with E-state index in [9.17, 15) is 13.2 Å². The number of halogens is 1. The number of hydrazine groups is 1. The lowest BCUT2D eigenvalue weighted by molar-refractivity contribution is 0.0999. The first-order chi connectivity index (χ1) is 12.2. The fourth-order valence-corrected chi connectivity index (χ4v) is 2.85. The topological polar surface area (TPSA) is 155 Å². The Labute approximate surface area is 156 Å². The average Bonchev–Trinajstić information content (AvgIpc) is 3.07. The molecule has 0 radical (unpaired) electrons. The minimum absolute atomic E-state index is 0.0194. The summed E-state index contributed by atoms with van der Waals surface area (Å²) in [5, 5.41) is 3.19. The number of nitrogen functional groups attached to an aromatic ring is 1. The van der Waals surface area contributed by atoms with Gasteiger partial charge in [-0.3, -0.25) is 10.2 Å². The summed E-state index contributed by atoms with van der Waals surface area (Å²) in [4.78, 5) is 25.6. The normalized spacial score (nSPS) is 15.7. The molecule has 13 heteroatoms. The standard InChI is InChI=1S/C13H21ClN8O3S/c1-22(2)26(24,25)21-17-7-16-13(23)9-11(15)20-12(10(14)19-9)18-8-5-3-4-6-8/h7-8,21H,3-6H2,1-2H3,(H3,15,18,20)(H,16,17,23). The fourth-order valence-electron chi connectivity index (χ4n) is 2.28. The van der Waals surface area contributed by atoms with Gasteiger partial charge in [-0.1, -0.05) is 24.4 Å². The van der Waals surface area contributed by atoms with Crippen molar-refractivity contribution in [3.05, 3.63) is 10.8 Å². The third-order valence-corrected chi connectivity index (χ3v) is 5.29. The molecule has 0 bridgehead atoms. The lowest BCUT2D eigenvalue weighted by Gasteiger charge is -2.14. The molecule has 1 heterocycles. The molecule has 144 valence electrons. The number of carbonyl (C=O) groups is 1. The third kappa shape index (κ3) is 5.24. The van der Waals surface area contributed by atoms with Gasteiger partial charge in [-0.25, -0.2) is 9.97 Å². The lowest BCUT2D eigenvalue weighted by atomic mass is 10.2. The number of nitrogens with one attached hydrogen (secondary N) is 3. The summed E-state index contributed by atoms with van der Waals surface area (Å²) in [6.45, 7) is 0. The summed E-state index contributed by atoms with van der Waals surface area (Å²) < 4.78 is 23.9. The second kappa shape index (κ2) is 8.58. The van der Waals surface area contributed by atoms with E-state index in [1.807, 2.05) is 4.83 Å². The maximum atomic E-state index is 12.0. The van der Waals surface area contributed by atoms with E-state index in [1.54, 1.807) is 0 Å². The van der Waals surface area contributed by atoms with Gasteiger partial charge in [-0.2, -0.15) is 17.7 Å². The van der Waals surface area contributed by atoms with Crippen molar-refractivity contribution >= 4 is 45.7 Å². The second-order valence-corrected chi connectivity index (χ2v) is 8.06. The van der Waals surface area contributed by atoms with E-state index in [-0.39, 0.29) is 22.7 Å². The number of carbonyl (C=O) groups excluding carboxylic acids is 1. The number of hydrogen-bond acceptors (Lipinski definition) is 7. The average molecular weight is 405 g/mol. The van der Waals surface area contributed by atoms with Crippen LogP contribution in [0.5, 0.6) is 0 Å². The molecule has 0 aliphatic heterocycles. The minimum Gasteiger partial charge on any atom is -0.382 e. The van der Waals surface area contributed by atoms with Crippen molar-refractivity contribution in [3.8, 4) is 0 Å². The summed E-state index contributed by atoms with van der Waals surface area (Å²) in [6.07, 6.45) is 5.15. The van der Waals surface area contributed by atoms with Gasteiger partial charge in [0, 0.05) is 20.1 Å². The van der Waals surface area contributed by atoms with Crippen molar-refractivity contribution < 1.29 is 13.2 Å². The van der Waals surface area contributed by atoms with E-state index >= 15 is 0 Å². The number of anilines is 2. The number of nitrogens with two attached hydrogens (primary N) is 1. The summed E-state index contributed by atoms with van der Waals surface area (Å²) >= 11 is 6.07. The molecule has 1 aromatic rings. The van der Waals surface area contributed by atoms with Gasteiger partial charge in [-0.05, 0) is 12.8 Å². The molecule has 0 atom stereocenters. The number of aromatic nitrogens is 2. The zero-order valence-electron chi connectivity index (χ0n) is 14.4. The highest BCUT2D eigenvalue weighted by Gasteiger charge is 2.20. The summed E-state index contributed by atoms with van der Waals surface area (Å²) in [5.74, 6) is -0.611. The summed E-state index contributed by atoms with van der Waals surface area (Å²) in [6, 6.07) is 0.259. The molecule has 0 aromatic carbocycles. The van der Waals surface area contributed by atoms with Crippen LogP contribution >= 0.6 is 11.6 Å². The Bertz CT molecular complexity index is 793.